The van der Waals surface area contributed by atoms with Gasteiger partial charge in [-0.25, -0.2) is 13.6 Å². The first-order chi connectivity index (χ1) is 9.40. The number of thioether (sulfide) groups is 1. The Morgan fingerprint density at radius 2 is 2.15 bits per heavy atom. The second kappa shape index (κ2) is 6.24. The topological polar surface area (TPSA) is 98.2 Å². The second-order valence-electron chi connectivity index (χ2n) is 5.03. The largest absolute Gasteiger partial charge is 0.397 e. The third-order valence-electron chi connectivity index (χ3n) is 3.50. The Hall–Kier alpha value is -0.920. The average molecular weight is 315 g/mol. The summed E-state index contributed by atoms with van der Waals surface area (Å²) in [5.74, 6) is 1.13. The van der Waals surface area contributed by atoms with Gasteiger partial charge in [0.1, 0.15) is 0 Å². The maximum absolute atomic E-state index is 11.4. The fraction of sp³-hybridized carbons (Fsp3) is 0.538. The highest BCUT2D eigenvalue weighted by atomic mass is 32.2. The molecular formula is C13H21N3O2S2. The summed E-state index contributed by atoms with van der Waals surface area (Å²) in [5.41, 5.74) is 7.10. The lowest BCUT2D eigenvalue weighted by Gasteiger charge is -2.17. The van der Waals surface area contributed by atoms with E-state index in [-0.39, 0.29) is 4.90 Å². The average Bonchev–Trinajstić information content (AvgIpc) is 2.78. The minimum Gasteiger partial charge on any atom is -0.397 e. The van der Waals surface area contributed by atoms with Crippen LogP contribution in [0, 0.1) is 0 Å². The number of hydrogen-bond donors (Lipinski definition) is 3. The van der Waals surface area contributed by atoms with Crippen molar-refractivity contribution in [3.05, 3.63) is 18.2 Å². The van der Waals surface area contributed by atoms with Gasteiger partial charge in [-0.05, 0) is 43.2 Å². The number of anilines is 2. The van der Waals surface area contributed by atoms with Crippen molar-refractivity contribution in [3.8, 4) is 0 Å². The van der Waals surface area contributed by atoms with E-state index >= 15 is 0 Å². The highest BCUT2D eigenvalue weighted by molar-refractivity contribution is 7.99. The molecule has 1 aromatic rings. The summed E-state index contributed by atoms with van der Waals surface area (Å²) in [4.78, 5) is 0.0895. The molecule has 0 saturated heterocycles. The number of benzene rings is 1. The number of nitrogens with one attached hydrogen (secondary N) is 1. The van der Waals surface area contributed by atoms with E-state index in [0.717, 1.165) is 18.6 Å². The van der Waals surface area contributed by atoms with Crippen LogP contribution >= 0.6 is 11.8 Å². The monoisotopic (exact) mass is 315 g/mol. The summed E-state index contributed by atoms with van der Waals surface area (Å²) in [6.07, 6.45) is 3.35. The van der Waals surface area contributed by atoms with Gasteiger partial charge in [-0.15, -0.1) is 0 Å². The second-order valence-corrected chi connectivity index (χ2v) is 8.16. The number of nitrogen functional groups attached to an aromatic ring is 1. The number of hydrogen-bond acceptors (Lipinski definition) is 5. The summed E-state index contributed by atoms with van der Waals surface area (Å²) in [6.45, 7) is 2.17. The zero-order valence-electron chi connectivity index (χ0n) is 11.5. The minimum atomic E-state index is -3.69. The molecule has 2 rings (SSSR count). The molecule has 1 aromatic carbocycles. The Morgan fingerprint density at radius 3 is 2.80 bits per heavy atom. The third kappa shape index (κ3) is 3.80. The van der Waals surface area contributed by atoms with Gasteiger partial charge in [-0.3, -0.25) is 0 Å². The smallest absolute Gasteiger partial charge is 0.238 e. The van der Waals surface area contributed by atoms with E-state index in [1.54, 1.807) is 6.07 Å². The van der Waals surface area contributed by atoms with Crippen LogP contribution in [-0.2, 0) is 10.0 Å². The fourth-order valence-corrected chi connectivity index (χ4v) is 4.20. The zero-order chi connectivity index (χ0) is 14.8. The van der Waals surface area contributed by atoms with E-state index in [4.69, 9.17) is 10.9 Å². The van der Waals surface area contributed by atoms with Crippen LogP contribution in [0.25, 0.3) is 0 Å². The Morgan fingerprint density at radius 1 is 1.40 bits per heavy atom. The third-order valence-corrected chi connectivity index (χ3v) is 5.64. The highest BCUT2D eigenvalue weighted by Crippen LogP contribution is 2.33. The highest BCUT2D eigenvalue weighted by Gasteiger charge is 2.25. The van der Waals surface area contributed by atoms with Gasteiger partial charge in [0.25, 0.3) is 0 Å². The molecule has 5 N–H and O–H groups in total. The zero-order valence-corrected chi connectivity index (χ0v) is 13.1. The van der Waals surface area contributed by atoms with Gasteiger partial charge in [-0.1, -0.05) is 6.92 Å². The van der Waals surface area contributed by atoms with Crippen LogP contribution in [0.1, 0.15) is 26.2 Å². The Kier molecular flexibility index (Phi) is 4.82. The number of nitrogens with two attached hydrogens (primary N) is 2. The molecule has 0 bridgehead atoms. The number of sulfonamides is 1. The van der Waals surface area contributed by atoms with Crippen LogP contribution in [0.15, 0.2) is 23.1 Å². The quantitative estimate of drug-likeness (QED) is 0.722. The van der Waals surface area contributed by atoms with E-state index in [0.29, 0.717) is 22.7 Å². The van der Waals surface area contributed by atoms with Crippen molar-refractivity contribution in [2.75, 3.05) is 16.8 Å². The van der Waals surface area contributed by atoms with Gasteiger partial charge >= 0.3 is 0 Å². The molecule has 0 amide bonds. The van der Waals surface area contributed by atoms with Gasteiger partial charge < -0.3 is 11.1 Å². The maximum atomic E-state index is 11.4. The molecule has 7 heteroatoms. The molecular weight excluding hydrogens is 294 g/mol. The van der Waals surface area contributed by atoms with Gasteiger partial charge in [0.05, 0.1) is 16.3 Å². The predicted octanol–water partition coefficient (Wildman–Crippen LogP) is 2.00. The molecule has 0 heterocycles. The van der Waals surface area contributed by atoms with Crippen LogP contribution in [0.2, 0.25) is 0 Å². The summed E-state index contributed by atoms with van der Waals surface area (Å²) in [5, 5.41) is 9.18. The van der Waals surface area contributed by atoms with Crippen molar-refractivity contribution in [2.45, 2.75) is 42.4 Å². The summed E-state index contributed by atoms with van der Waals surface area (Å²) in [6, 6.07) is 4.87. The van der Waals surface area contributed by atoms with E-state index in [1.165, 1.54) is 18.6 Å². The molecule has 1 aliphatic carbocycles. The predicted molar refractivity (Wildman–Crippen MR) is 85.4 cm³/mol. The van der Waals surface area contributed by atoms with Crippen molar-refractivity contribution in [2.24, 2.45) is 5.14 Å². The lowest BCUT2D eigenvalue weighted by Crippen LogP contribution is -2.18. The Labute approximate surface area is 124 Å². The molecule has 2 atom stereocenters. The molecule has 0 radical (unpaired) electrons. The van der Waals surface area contributed by atoms with E-state index < -0.39 is 10.0 Å². The van der Waals surface area contributed by atoms with E-state index in [2.05, 4.69) is 12.2 Å². The van der Waals surface area contributed by atoms with Gasteiger partial charge in [0.2, 0.25) is 10.0 Å². The SMILES string of the molecule is CCSC1CCC(Nc2cc(S(N)(=O)=O)ccc2N)C1. The molecule has 0 spiro atoms. The molecule has 0 aromatic heterocycles. The van der Waals surface area contributed by atoms with Crippen LogP contribution in [0.5, 0.6) is 0 Å². The molecule has 0 aliphatic heterocycles. The summed E-state index contributed by atoms with van der Waals surface area (Å²) >= 11 is 1.98. The lowest BCUT2D eigenvalue weighted by atomic mass is 10.2. The summed E-state index contributed by atoms with van der Waals surface area (Å²) in [7, 11) is -3.69. The minimum absolute atomic E-state index is 0.0895. The number of primary sulfonamides is 1. The van der Waals surface area contributed by atoms with E-state index in [1.807, 2.05) is 11.8 Å². The van der Waals surface area contributed by atoms with Crippen molar-refractivity contribution in [3.63, 3.8) is 0 Å². The standard InChI is InChI=1S/C13H21N3O2S2/c1-2-19-10-4-3-9(7-10)16-13-8-11(20(15,17)18)5-6-12(13)14/h5-6,8-10,16H,2-4,7,14H2,1H3,(H2,15,17,18). The summed E-state index contributed by atoms with van der Waals surface area (Å²) < 4.78 is 22.8. The lowest BCUT2D eigenvalue weighted by molar-refractivity contribution is 0.598. The molecule has 112 valence electrons. The molecule has 2 unspecified atom stereocenters. The normalized spacial score (nSPS) is 22.9. The first-order valence-electron chi connectivity index (χ1n) is 6.70. The first-order valence-corrected chi connectivity index (χ1v) is 9.30. The first kappa shape index (κ1) is 15.5. The van der Waals surface area contributed by atoms with Gasteiger partial charge in [0, 0.05) is 11.3 Å². The molecule has 1 saturated carbocycles. The van der Waals surface area contributed by atoms with Crippen molar-refractivity contribution in [1.82, 2.24) is 0 Å². The molecule has 5 nitrogen and oxygen atoms in total. The van der Waals surface area contributed by atoms with Gasteiger partial charge in [-0.2, -0.15) is 11.8 Å². The van der Waals surface area contributed by atoms with Crippen molar-refractivity contribution < 1.29 is 8.42 Å². The van der Waals surface area contributed by atoms with Crippen molar-refractivity contribution in [1.29, 1.82) is 0 Å². The van der Waals surface area contributed by atoms with Crippen LogP contribution in [-0.4, -0.2) is 25.5 Å². The molecule has 1 aliphatic rings. The fourth-order valence-electron chi connectivity index (χ4n) is 2.52. The van der Waals surface area contributed by atoms with Gasteiger partial charge in [0.15, 0.2) is 0 Å². The molecule has 20 heavy (non-hydrogen) atoms. The number of rotatable bonds is 5. The molecule has 1 fully saturated rings. The van der Waals surface area contributed by atoms with Crippen LogP contribution in [0.3, 0.4) is 0 Å². The van der Waals surface area contributed by atoms with Crippen LogP contribution in [0.4, 0.5) is 11.4 Å². The Balaban J connectivity index is 2.10. The van der Waals surface area contributed by atoms with E-state index in [9.17, 15) is 8.42 Å². The maximum Gasteiger partial charge on any atom is 0.238 e. The Bertz CT molecular complexity index is 575. The van der Waals surface area contributed by atoms with Crippen molar-refractivity contribution >= 4 is 33.2 Å². The van der Waals surface area contributed by atoms with Crippen LogP contribution < -0.4 is 16.2 Å².